The number of aromatic carboxylic acids is 1. The van der Waals surface area contributed by atoms with E-state index in [0.717, 1.165) is 57.6 Å². The van der Waals surface area contributed by atoms with Gasteiger partial charge in [0.05, 0.1) is 58.6 Å². The molecule has 0 unspecified atom stereocenters. The molecule has 10 rings (SSSR count). The summed E-state index contributed by atoms with van der Waals surface area (Å²) >= 11 is 0. The van der Waals surface area contributed by atoms with Gasteiger partial charge in [-0.05, 0) is 70.7 Å². The Morgan fingerprint density at radius 1 is 0.718 bits per heavy atom. The Labute approximate surface area is 398 Å². The number of rotatable bonds is 6. The van der Waals surface area contributed by atoms with Gasteiger partial charge in [-0.3, -0.25) is 35.4 Å². The van der Waals surface area contributed by atoms with Gasteiger partial charge in [-0.25, -0.2) is 44.3 Å². The van der Waals surface area contributed by atoms with Crippen LogP contribution in [0.3, 0.4) is 0 Å². The first-order valence-corrected chi connectivity index (χ1v) is 22.3. The number of fused-ring (bicyclic) bond motifs is 10. The highest BCUT2D eigenvalue weighted by Crippen LogP contribution is 2.40. The fourth-order valence-corrected chi connectivity index (χ4v) is 8.41. The third-order valence-corrected chi connectivity index (χ3v) is 12.2. The molecule has 22 nitrogen and oxygen atoms in total. The number of ketones is 1. The van der Waals surface area contributed by atoms with Gasteiger partial charge in [0, 0.05) is 44.0 Å². The number of nitrogens with zero attached hydrogens (tertiary/aromatic N) is 12. The fourth-order valence-electron chi connectivity index (χ4n) is 8.41. The standard InChI is InChI=1S/C22H23F3N8O2.C18H18N8O3.C3H6F3N/c1-11(22(23,24)25)8-16(34)19-26-9-15-20(28-19)33(13-4-3-7-32(15)10-13)21(35)29-18-14-6-5-12(2)27-17(14)30-31-18;1-9-4-5-11-13(20-9)23-24-14(11)22-18(29)26-10-3-2-6-25(8-10)12-7-19-15(17(27)28)21-16(12)26;1-2(7)3(4,5)6/h5-6,9,11,13H,3-4,7-8,10H2,1-2H3,(H2,27,29,30,31,35);4-5,7,10H,2-3,6,8H2,1H3,(H,27,28)(H2,20,22,23,24,29);2H,7H2,1H3/t11-,13-;10-;2-/m001/s1. The predicted molar refractivity (Wildman–Crippen MR) is 246 cm³/mol. The maximum atomic E-state index is 13.5. The van der Waals surface area contributed by atoms with E-state index in [2.05, 4.69) is 71.6 Å². The molecule has 0 spiro atoms. The first-order chi connectivity index (χ1) is 33.6. The highest BCUT2D eigenvalue weighted by atomic mass is 19.4. The Morgan fingerprint density at radius 3 is 1.58 bits per heavy atom. The molecule has 7 N–H and O–H groups in total. The number of nitrogens with one attached hydrogen (secondary N) is 4. The molecule has 4 amide bonds. The van der Waals surface area contributed by atoms with E-state index in [1.807, 2.05) is 30.9 Å². The van der Waals surface area contributed by atoms with Crippen LogP contribution in [-0.2, 0) is 0 Å². The smallest absolute Gasteiger partial charge is 0.403 e. The zero-order valence-electron chi connectivity index (χ0n) is 38.4. The zero-order valence-corrected chi connectivity index (χ0v) is 38.4. The highest BCUT2D eigenvalue weighted by Gasteiger charge is 2.42. The number of aromatic nitrogens is 10. The molecular weight excluding hydrogens is 949 g/mol. The number of hydrogen-bond acceptors (Lipinski definition) is 15. The second-order valence-corrected chi connectivity index (χ2v) is 17.4. The molecular formula is C43H47F6N17O5. The van der Waals surface area contributed by atoms with E-state index < -0.39 is 54.5 Å². The van der Waals surface area contributed by atoms with Gasteiger partial charge < -0.3 is 20.6 Å². The molecule has 4 atom stereocenters. The molecule has 376 valence electrons. The van der Waals surface area contributed by atoms with Crippen molar-refractivity contribution in [1.82, 2.24) is 50.3 Å². The number of aryl methyl sites for hydroxylation is 2. The number of carboxylic acids is 1. The average molecular weight is 996 g/mol. The minimum Gasteiger partial charge on any atom is -0.475 e. The molecule has 2 saturated heterocycles. The number of halogens is 6. The monoisotopic (exact) mass is 995 g/mol. The highest BCUT2D eigenvalue weighted by molar-refractivity contribution is 6.09. The van der Waals surface area contributed by atoms with E-state index in [9.17, 15) is 50.6 Å². The lowest BCUT2D eigenvalue weighted by Crippen LogP contribution is -2.56. The van der Waals surface area contributed by atoms with Crippen LogP contribution in [0.4, 0.5) is 70.6 Å². The van der Waals surface area contributed by atoms with Crippen molar-refractivity contribution in [3.8, 4) is 0 Å². The van der Waals surface area contributed by atoms with Crippen LogP contribution in [0.25, 0.3) is 22.1 Å². The van der Waals surface area contributed by atoms with Crippen molar-refractivity contribution in [2.24, 2.45) is 11.7 Å². The van der Waals surface area contributed by atoms with Gasteiger partial charge >= 0.3 is 30.4 Å². The third-order valence-electron chi connectivity index (χ3n) is 12.2. The number of piperidine rings is 2. The van der Waals surface area contributed by atoms with Gasteiger partial charge in [-0.2, -0.15) is 36.5 Å². The number of Topliss-reactive ketones (excluding diaryl/α,β-unsaturated/α-hetero) is 1. The lowest BCUT2D eigenvalue weighted by molar-refractivity contribution is -0.168. The summed E-state index contributed by atoms with van der Waals surface area (Å²) in [7, 11) is 0. The van der Waals surface area contributed by atoms with Crippen LogP contribution in [0.2, 0.25) is 0 Å². The van der Waals surface area contributed by atoms with Crippen LogP contribution in [0.15, 0.2) is 36.7 Å². The summed E-state index contributed by atoms with van der Waals surface area (Å²) in [5.74, 6) is -3.42. The van der Waals surface area contributed by atoms with Crippen LogP contribution < -0.4 is 36.0 Å². The third kappa shape index (κ3) is 10.6. The van der Waals surface area contributed by atoms with Gasteiger partial charge in [-0.1, -0.05) is 6.92 Å². The summed E-state index contributed by atoms with van der Waals surface area (Å²) in [6.07, 6.45) is -3.33. The van der Waals surface area contributed by atoms with E-state index in [-0.39, 0.29) is 29.6 Å². The molecule has 4 aliphatic rings. The molecule has 71 heavy (non-hydrogen) atoms. The Morgan fingerprint density at radius 2 is 1.15 bits per heavy atom. The number of pyridine rings is 2. The number of carboxylic acid groups (broad SMARTS) is 1. The van der Waals surface area contributed by atoms with E-state index in [0.29, 0.717) is 70.4 Å². The van der Waals surface area contributed by atoms with Crippen LogP contribution in [-0.4, -0.2) is 136 Å². The van der Waals surface area contributed by atoms with Gasteiger partial charge in [0.15, 0.2) is 40.4 Å². The van der Waals surface area contributed by atoms with E-state index >= 15 is 0 Å². The summed E-state index contributed by atoms with van der Waals surface area (Å²) in [6.45, 7) is 8.32. The first kappa shape index (κ1) is 49.6. The number of aromatic amines is 2. The number of carbonyl (C=O) groups excluding carboxylic acids is 3. The number of amides is 4. The van der Waals surface area contributed by atoms with Gasteiger partial charge in [0.25, 0.3) is 0 Å². The number of H-pyrrole nitrogens is 2. The number of urea groups is 2. The number of anilines is 6. The van der Waals surface area contributed by atoms with E-state index in [4.69, 9.17) is 0 Å². The van der Waals surface area contributed by atoms with Crippen molar-refractivity contribution in [2.45, 2.75) is 90.3 Å². The maximum Gasteiger partial charge on any atom is 0.403 e. The van der Waals surface area contributed by atoms with E-state index in [1.54, 1.807) is 12.1 Å². The Hall–Kier alpha value is -7.78. The molecule has 28 heteroatoms. The summed E-state index contributed by atoms with van der Waals surface area (Å²) in [4.78, 5) is 82.8. The molecule has 0 saturated carbocycles. The van der Waals surface area contributed by atoms with Crippen molar-refractivity contribution in [1.29, 1.82) is 0 Å². The predicted octanol–water partition coefficient (Wildman–Crippen LogP) is 6.52. The lowest BCUT2D eigenvalue weighted by atomic mass is 10.00. The molecule has 6 aromatic rings. The number of hydrogen-bond donors (Lipinski definition) is 6. The molecule has 10 heterocycles. The summed E-state index contributed by atoms with van der Waals surface area (Å²) in [5.41, 5.74) is 8.39. The van der Waals surface area contributed by atoms with Gasteiger partial charge in [0.2, 0.25) is 11.6 Å². The van der Waals surface area contributed by atoms with Crippen LogP contribution in [0.1, 0.15) is 78.6 Å². The largest absolute Gasteiger partial charge is 0.475 e. The molecule has 4 bridgehead atoms. The quantitative estimate of drug-likeness (QED) is 0.0765. The Balaban J connectivity index is 0.000000170. The van der Waals surface area contributed by atoms with E-state index in [1.165, 1.54) is 22.2 Å². The summed E-state index contributed by atoms with van der Waals surface area (Å²) in [5, 5.41) is 30.2. The van der Waals surface area contributed by atoms with Crippen molar-refractivity contribution in [2.75, 3.05) is 56.4 Å². The van der Waals surface area contributed by atoms with Gasteiger partial charge in [0.1, 0.15) is 0 Å². The first-order valence-electron chi connectivity index (χ1n) is 22.3. The van der Waals surface area contributed by atoms with Crippen LogP contribution in [0, 0.1) is 19.8 Å². The van der Waals surface area contributed by atoms with Crippen LogP contribution in [0.5, 0.6) is 0 Å². The molecule has 0 radical (unpaired) electrons. The van der Waals surface area contributed by atoms with Crippen molar-refractivity contribution < 1.29 is 50.6 Å². The minimum absolute atomic E-state index is 0.113. The van der Waals surface area contributed by atoms with Crippen molar-refractivity contribution >= 4 is 80.5 Å². The molecule has 0 aromatic carbocycles. The minimum atomic E-state index is -4.50. The number of carbonyl (C=O) groups is 4. The topological polar surface area (TPSA) is 286 Å². The Bertz CT molecular complexity index is 3000. The maximum absolute atomic E-state index is 13.5. The summed E-state index contributed by atoms with van der Waals surface area (Å²) in [6, 6.07) is 4.32. The second-order valence-electron chi connectivity index (χ2n) is 17.4. The van der Waals surface area contributed by atoms with Crippen molar-refractivity contribution in [3.63, 3.8) is 0 Å². The molecule has 0 aliphatic carbocycles. The Kier molecular flexibility index (Phi) is 13.7. The van der Waals surface area contributed by atoms with Gasteiger partial charge in [-0.15, -0.1) is 0 Å². The molecule has 6 aromatic heterocycles. The van der Waals surface area contributed by atoms with Crippen molar-refractivity contribution in [3.05, 3.63) is 59.7 Å². The van der Waals surface area contributed by atoms with Crippen LogP contribution >= 0.6 is 0 Å². The SMILES string of the molecule is C[C@@H](N)C(F)(F)F.Cc1ccc2c(NC(=O)N3c4nc(C(=O)C[C@H](C)C(F)(F)F)ncc4N4CCC[C@H]3C4)n[nH]c2n1.Cc1ccc2c(NC(=O)N3c4nc(C(=O)O)ncc4N4CCC[C@H]3C4)n[nH]c2n1. The lowest BCUT2D eigenvalue weighted by Gasteiger charge is -2.45. The molecule has 2 fully saturated rings. The molecule has 4 aliphatic heterocycles. The normalized spacial score (nSPS) is 18.0. The fraction of sp³-hybridized carbons (Fsp3) is 0.442. The second kappa shape index (κ2) is 19.5. The zero-order chi connectivity index (χ0) is 51.1. The average Bonchev–Trinajstić information content (AvgIpc) is 3.90. The summed E-state index contributed by atoms with van der Waals surface area (Å²) < 4.78 is 72.0. The number of alkyl halides is 6. The number of nitrogens with two attached hydrogens (primary N) is 1.